The maximum atomic E-state index is 14.5. The van der Waals surface area contributed by atoms with Gasteiger partial charge < -0.3 is 9.84 Å². The third kappa shape index (κ3) is 4.51. The number of nitrogens with zero attached hydrogens (tertiary/aromatic N) is 1. The highest BCUT2D eigenvalue weighted by molar-refractivity contribution is 9.40. The van der Waals surface area contributed by atoms with Crippen LogP contribution < -0.4 is 4.74 Å². The number of ether oxygens (including phenoxy) is 1. The number of rotatable bonds is 6. The smallest absolute Gasteiger partial charge is 0.398 e. The summed E-state index contributed by atoms with van der Waals surface area (Å²) in [6.07, 6.45) is -4.87. The quantitative estimate of drug-likeness (QED) is 0.311. The van der Waals surface area contributed by atoms with Crippen LogP contribution in [-0.2, 0) is 4.79 Å². The van der Waals surface area contributed by atoms with Gasteiger partial charge in [-0.25, -0.2) is 4.98 Å². The van der Waals surface area contributed by atoms with Gasteiger partial charge in [-0.2, -0.15) is 13.2 Å². The third-order valence-electron chi connectivity index (χ3n) is 6.00. The van der Waals surface area contributed by atoms with Gasteiger partial charge in [0.1, 0.15) is 13.8 Å². The van der Waals surface area contributed by atoms with Crippen LogP contribution in [0.4, 0.5) is 13.2 Å². The molecule has 3 rings (SSSR count). The monoisotopic (exact) mass is 705 g/mol. The predicted molar refractivity (Wildman–Crippen MR) is 129 cm³/mol. The Bertz CT molecular complexity index is 998. The number of aromatic nitrogens is 1. The van der Waals surface area contributed by atoms with Crippen LogP contribution in [0.5, 0.6) is 11.6 Å². The van der Waals surface area contributed by atoms with E-state index >= 15 is 0 Å². The number of benzene rings is 1. The first-order chi connectivity index (χ1) is 14.6. The molecule has 0 bridgehead atoms. The Balaban J connectivity index is 2.12. The van der Waals surface area contributed by atoms with E-state index in [9.17, 15) is 23.1 Å². The zero-order valence-corrected chi connectivity index (χ0v) is 23.1. The Morgan fingerprint density at radius 1 is 1.09 bits per heavy atom. The molecule has 0 amide bonds. The van der Waals surface area contributed by atoms with E-state index in [1.807, 2.05) is 0 Å². The summed E-state index contributed by atoms with van der Waals surface area (Å²) in [6.45, 7) is 3.06. The van der Waals surface area contributed by atoms with Gasteiger partial charge in [0.2, 0.25) is 5.88 Å². The Morgan fingerprint density at radius 2 is 1.69 bits per heavy atom. The van der Waals surface area contributed by atoms with Crippen molar-refractivity contribution in [1.29, 1.82) is 0 Å². The molecule has 1 aliphatic rings. The van der Waals surface area contributed by atoms with Gasteiger partial charge >= 0.3 is 12.1 Å². The molecule has 2 aromatic rings. The van der Waals surface area contributed by atoms with Crippen molar-refractivity contribution in [2.75, 3.05) is 0 Å². The first-order valence-corrected chi connectivity index (χ1v) is 12.7. The first kappa shape index (κ1) is 26.0. The first-order valence-electron chi connectivity index (χ1n) is 9.36. The Labute approximate surface area is 216 Å². The average molecular weight is 709 g/mol. The van der Waals surface area contributed by atoms with E-state index in [4.69, 9.17) is 4.74 Å². The number of carboxylic acids is 1. The lowest BCUT2D eigenvalue weighted by molar-refractivity contribution is -0.185. The lowest BCUT2D eigenvalue weighted by Crippen LogP contribution is -2.40. The largest absolute Gasteiger partial charge is 0.481 e. The van der Waals surface area contributed by atoms with Crippen molar-refractivity contribution in [3.05, 3.63) is 54.2 Å². The van der Waals surface area contributed by atoms with E-state index in [-0.39, 0.29) is 5.88 Å². The van der Waals surface area contributed by atoms with Crippen LogP contribution in [0.3, 0.4) is 0 Å². The molecule has 1 aliphatic carbocycles. The Hall–Kier alpha value is -0.650. The molecule has 4 unspecified atom stereocenters. The molecule has 1 fully saturated rings. The lowest BCUT2D eigenvalue weighted by Gasteiger charge is -2.30. The molecule has 4 nitrogen and oxygen atoms in total. The summed E-state index contributed by atoms with van der Waals surface area (Å²) >= 11 is 13.3. The normalized spacial score (nSPS) is 24.5. The third-order valence-corrected chi connectivity index (χ3v) is 10.5. The number of alkyl halides is 7. The van der Waals surface area contributed by atoms with Gasteiger partial charge in [-0.1, -0.05) is 102 Å². The highest BCUT2D eigenvalue weighted by Gasteiger charge is 2.85. The number of pyridine rings is 1. The molecule has 32 heavy (non-hydrogen) atoms. The lowest BCUT2D eigenvalue weighted by atomic mass is 9.79. The van der Waals surface area contributed by atoms with Crippen LogP contribution >= 0.6 is 63.7 Å². The van der Waals surface area contributed by atoms with Crippen molar-refractivity contribution >= 4 is 69.7 Å². The minimum absolute atomic E-state index is 0.0512. The molecule has 1 N–H and O–H groups in total. The van der Waals surface area contributed by atoms with Gasteiger partial charge in [0.25, 0.3) is 0 Å². The van der Waals surface area contributed by atoms with Gasteiger partial charge in [0.05, 0.1) is 15.9 Å². The number of hydrogen-bond donors (Lipinski definition) is 1. The molecular weight excluding hydrogens is 691 g/mol. The van der Waals surface area contributed by atoms with Crippen molar-refractivity contribution in [3.63, 3.8) is 0 Å². The van der Waals surface area contributed by atoms with Crippen LogP contribution in [0.1, 0.15) is 25.5 Å². The van der Waals surface area contributed by atoms with Gasteiger partial charge in [-0.15, -0.1) is 0 Å². The Morgan fingerprint density at radius 3 is 2.19 bits per heavy atom. The summed E-state index contributed by atoms with van der Waals surface area (Å²) in [6, 6.07) is 12.5. The molecule has 0 saturated heterocycles. The highest BCUT2D eigenvalue weighted by atomic mass is 80.0. The molecule has 1 aromatic carbocycles. The second-order valence-electron chi connectivity index (χ2n) is 8.11. The second-order valence-corrected chi connectivity index (χ2v) is 16.0. The molecule has 11 heteroatoms. The van der Waals surface area contributed by atoms with Gasteiger partial charge in [-0.3, -0.25) is 4.79 Å². The standard InChI is InChI=1S/C21H18Br4F3NO3/c1-18(2)15(16(22)20(23,24)25)19(18,17(30)31)14(21(26,27)28)12-9-6-10-13(29-12)32-11-7-4-3-5-8-11/h3-10,14-16H,1-2H3,(H,30,31). The van der Waals surface area contributed by atoms with Gasteiger partial charge in [0.15, 0.2) is 0 Å². The van der Waals surface area contributed by atoms with E-state index in [2.05, 4.69) is 68.7 Å². The van der Waals surface area contributed by atoms with Crippen molar-refractivity contribution in [1.82, 2.24) is 4.98 Å². The summed E-state index contributed by atoms with van der Waals surface area (Å²) in [5.41, 5.74) is -3.79. The number of carbonyl (C=O) groups is 1. The summed E-state index contributed by atoms with van der Waals surface area (Å²) < 4.78 is 48.2. The molecule has 0 spiro atoms. The number of carboxylic acid groups (broad SMARTS) is 1. The summed E-state index contributed by atoms with van der Waals surface area (Å²) in [5.74, 6) is -4.45. The van der Waals surface area contributed by atoms with Gasteiger partial charge in [0, 0.05) is 6.07 Å². The van der Waals surface area contributed by atoms with Crippen molar-refractivity contribution < 1.29 is 27.8 Å². The fraction of sp³-hybridized carbons (Fsp3) is 0.429. The van der Waals surface area contributed by atoms with Gasteiger partial charge in [-0.05, 0) is 29.5 Å². The summed E-state index contributed by atoms with van der Waals surface area (Å²) in [5, 5.41) is 10.2. The van der Waals surface area contributed by atoms with E-state index in [0.29, 0.717) is 5.75 Å². The minimum Gasteiger partial charge on any atom is -0.481 e. The van der Waals surface area contributed by atoms with Crippen molar-refractivity contribution in [2.24, 2.45) is 16.7 Å². The molecular formula is C21H18Br4F3NO3. The number of halogens is 7. The zero-order chi connectivity index (χ0) is 24.1. The predicted octanol–water partition coefficient (Wildman–Crippen LogP) is 7.85. The Kier molecular flexibility index (Phi) is 7.18. The molecule has 0 radical (unpaired) electrons. The summed E-state index contributed by atoms with van der Waals surface area (Å²) in [4.78, 5) is 15.9. The van der Waals surface area contributed by atoms with E-state index in [1.54, 1.807) is 30.3 Å². The fourth-order valence-corrected chi connectivity index (χ4v) is 6.49. The fourth-order valence-electron chi connectivity index (χ4n) is 4.62. The second kappa shape index (κ2) is 8.85. The van der Waals surface area contributed by atoms with Crippen LogP contribution in [0, 0.1) is 16.7 Å². The SMILES string of the molecule is CC1(C)C(C(Br)C(Br)(Br)Br)C1(C(=O)O)C(c1cccc(Oc2ccccc2)n1)C(F)(F)F. The van der Waals surface area contributed by atoms with E-state index < -0.39 is 47.5 Å². The molecule has 1 heterocycles. The molecule has 174 valence electrons. The van der Waals surface area contributed by atoms with Crippen molar-refractivity contribution in [2.45, 2.75) is 32.9 Å². The number of hydrogen-bond acceptors (Lipinski definition) is 3. The van der Waals surface area contributed by atoms with Crippen LogP contribution in [-0.4, -0.2) is 29.2 Å². The van der Waals surface area contributed by atoms with Crippen LogP contribution in [0.15, 0.2) is 48.5 Å². The zero-order valence-electron chi connectivity index (χ0n) is 16.7. The van der Waals surface area contributed by atoms with Crippen LogP contribution in [0.25, 0.3) is 0 Å². The number of para-hydroxylation sites is 1. The summed E-state index contributed by atoms with van der Waals surface area (Å²) in [7, 11) is 0. The van der Waals surface area contributed by atoms with E-state index in [1.165, 1.54) is 32.0 Å². The molecule has 4 atom stereocenters. The van der Waals surface area contributed by atoms with Crippen molar-refractivity contribution in [3.8, 4) is 11.6 Å². The topological polar surface area (TPSA) is 59.4 Å². The minimum atomic E-state index is -4.87. The maximum Gasteiger partial charge on any atom is 0.398 e. The average Bonchev–Trinajstić information content (AvgIpc) is 3.17. The van der Waals surface area contributed by atoms with Crippen LogP contribution in [0.2, 0.25) is 0 Å². The molecule has 1 aromatic heterocycles. The molecule has 0 aliphatic heterocycles. The highest BCUT2D eigenvalue weighted by Crippen LogP contribution is 2.80. The maximum absolute atomic E-state index is 14.5. The van der Waals surface area contributed by atoms with E-state index in [0.717, 1.165) is 0 Å². The molecule has 1 saturated carbocycles. The number of aliphatic carboxylic acids is 1.